The Bertz CT molecular complexity index is 997. The Hall–Kier alpha value is -0.520. The van der Waals surface area contributed by atoms with Crippen LogP contribution in [0, 0.1) is 41.4 Å². The van der Waals surface area contributed by atoms with Crippen LogP contribution in [-0.4, -0.2) is 149 Å². The third kappa shape index (κ3) is 54.1. The summed E-state index contributed by atoms with van der Waals surface area (Å²) in [5.74, 6) is 3.98. The van der Waals surface area contributed by atoms with Gasteiger partial charge >= 0.3 is 0 Å². The molecule has 0 fully saturated rings. The van der Waals surface area contributed by atoms with Crippen molar-refractivity contribution in [3.05, 3.63) is 0 Å². The second kappa shape index (κ2) is 54.3. The van der Waals surface area contributed by atoms with Crippen molar-refractivity contribution in [1.29, 1.82) is 0 Å². The van der Waals surface area contributed by atoms with E-state index >= 15 is 0 Å². The minimum absolute atomic E-state index is 0.0370. The first-order valence-corrected chi connectivity index (χ1v) is 28.7. The fourth-order valence-corrected chi connectivity index (χ4v) is 7.82. The Labute approximate surface area is 438 Å². The fourth-order valence-electron chi connectivity index (χ4n) is 7.82. The third-order valence-corrected chi connectivity index (χ3v) is 13.4. The minimum Gasteiger partial charge on any atom is -0.394 e. The van der Waals surface area contributed by atoms with Crippen LogP contribution >= 0.6 is 0 Å². The van der Waals surface area contributed by atoms with Crippen molar-refractivity contribution in [2.45, 2.75) is 280 Å². The maximum Gasteiger partial charge on any atom is 0.153 e. The van der Waals surface area contributed by atoms with Gasteiger partial charge in [0, 0.05) is 33.4 Å². The summed E-state index contributed by atoms with van der Waals surface area (Å²) in [6.45, 7) is 26.7. The van der Waals surface area contributed by atoms with Gasteiger partial charge < -0.3 is 64.9 Å². The normalized spacial score (nSPS) is 16.1. The molecule has 0 aliphatic carbocycles. The molecule has 0 aromatic rings. The lowest BCUT2D eigenvalue weighted by Crippen LogP contribution is -2.48. The molecule has 0 heterocycles. The van der Waals surface area contributed by atoms with E-state index in [0.29, 0.717) is 12.5 Å². The van der Waals surface area contributed by atoms with Gasteiger partial charge in [-0.25, -0.2) is 0 Å². The molecule has 10 unspecified atom stereocenters. The van der Waals surface area contributed by atoms with E-state index < -0.39 is 49.5 Å². The lowest BCUT2D eigenvalue weighted by molar-refractivity contribution is -0.133. The lowest BCUT2D eigenvalue weighted by atomic mass is 9.91. The highest BCUT2D eigenvalue weighted by molar-refractivity contribution is 4.82. The molecule has 9 N–H and O–H groups in total. The van der Waals surface area contributed by atoms with Crippen molar-refractivity contribution in [2.24, 2.45) is 41.4 Å². The Kier molecular flexibility index (Phi) is 58.9. The van der Waals surface area contributed by atoms with Crippen molar-refractivity contribution in [3.63, 3.8) is 0 Å². The molecular weight excluding hydrogens is 905 g/mol. The molecule has 13 nitrogen and oxygen atoms in total. The first kappa shape index (κ1) is 77.0. The van der Waals surface area contributed by atoms with Crippen LogP contribution in [0.4, 0.5) is 0 Å². The van der Waals surface area contributed by atoms with Crippen LogP contribution in [0.1, 0.15) is 231 Å². The van der Waals surface area contributed by atoms with E-state index in [1.54, 1.807) is 34.6 Å². The van der Waals surface area contributed by atoms with E-state index in [1.165, 1.54) is 149 Å². The van der Waals surface area contributed by atoms with Crippen LogP contribution in [0.15, 0.2) is 0 Å². The molecule has 13 heteroatoms. The monoisotopic (exact) mass is 1030 g/mol. The molecule has 10 atom stereocenters. The van der Waals surface area contributed by atoms with Crippen molar-refractivity contribution in [2.75, 3.05) is 53.9 Å². The molecule has 0 aliphatic rings. The van der Waals surface area contributed by atoms with Crippen molar-refractivity contribution >= 4 is 0 Å². The van der Waals surface area contributed by atoms with Gasteiger partial charge in [-0.05, 0) is 55.3 Å². The number of rotatable bonds is 44. The van der Waals surface area contributed by atoms with Crippen molar-refractivity contribution in [3.8, 4) is 0 Å². The predicted octanol–water partition coefficient (Wildman–Crippen LogP) is 10.6. The van der Waals surface area contributed by atoms with Crippen molar-refractivity contribution in [1.82, 2.24) is 0 Å². The molecule has 0 aliphatic heterocycles. The summed E-state index contributed by atoms with van der Waals surface area (Å²) in [7, 11) is 2.77. The second-order valence-electron chi connectivity index (χ2n) is 22.5. The largest absolute Gasteiger partial charge is 0.394 e. The second-order valence-corrected chi connectivity index (χ2v) is 22.5. The summed E-state index contributed by atoms with van der Waals surface area (Å²) in [6.07, 6.45) is 24.4. The molecule has 434 valence electrons. The van der Waals surface area contributed by atoms with E-state index in [0.717, 1.165) is 49.7 Å². The Morgan fingerprint density at radius 2 is 0.718 bits per heavy atom. The molecular formula is C58H124O13. The first-order valence-electron chi connectivity index (χ1n) is 28.7. The maximum absolute atomic E-state index is 9.67. The number of aliphatic hydroxyl groups is 9. The van der Waals surface area contributed by atoms with Crippen LogP contribution in [-0.2, 0) is 18.9 Å². The van der Waals surface area contributed by atoms with Gasteiger partial charge in [-0.3, -0.25) is 0 Å². The van der Waals surface area contributed by atoms with Crippen LogP contribution < -0.4 is 0 Å². The summed E-state index contributed by atoms with van der Waals surface area (Å²) < 4.78 is 21.2. The number of methoxy groups -OCH3 is 2. The van der Waals surface area contributed by atoms with Gasteiger partial charge in [0.25, 0.3) is 0 Å². The summed E-state index contributed by atoms with van der Waals surface area (Å²) in [6, 6.07) is 0. The SMILES string of the molecule is CC(C)C(O)O.CC(C)CCCCCCCCCCCCCCOC(CO)COCCC(C)CCCC(C)CCCC(C)CCCC(C)C.COC(CO)C(C)O.COC(CO)C(O)C(O)C(O)C(C)C. The van der Waals surface area contributed by atoms with Crippen LogP contribution in [0.3, 0.4) is 0 Å². The Balaban J connectivity index is -0.000000642. The van der Waals surface area contributed by atoms with Gasteiger partial charge in [0.1, 0.15) is 30.5 Å². The number of aliphatic hydroxyl groups excluding tert-OH is 8. The molecule has 0 rings (SSSR count). The summed E-state index contributed by atoms with van der Waals surface area (Å²) in [5, 5.41) is 80.4. The van der Waals surface area contributed by atoms with Gasteiger partial charge in [-0.2, -0.15) is 0 Å². The molecule has 0 saturated heterocycles. The van der Waals surface area contributed by atoms with Crippen molar-refractivity contribution < 1.29 is 64.9 Å². The number of hydrogen-bond acceptors (Lipinski definition) is 13. The highest BCUT2D eigenvalue weighted by Gasteiger charge is 2.32. The van der Waals surface area contributed by atoms with Crippen LogP contribution in [0.2, 0.25) is 0 Å². The number of unbranched alkanes of at least 4 members (excludes halogenated alkanes) is 11. The Morgan fingerprint density at radius 1 is 0.352 bits per heavy atom. The zero-order chi connectivity index (χ0) is 55.0. The lowest BCUT2D eigenvalue weighted by Gasteiger charge is -2.29. The summed E-state index contributed by atoms with van der Waals surface area (Å²) >= 11 is 0. The number of hydrogen-bond donors (Lipinski definition) is 9. The van der Waals surface area contributed by atoms with Gasteiger partial charge in [-0.1, -0.05) is 211 Å². The Morgan fingerprint density at radius 3 is 1.04 bits per heavy atom. The molecule has 0 amide bonds. The topological polar surface area (TPSA) is 219 Å². The quantitative estimate of drug-likeness (QED) is 0.0205. The summed E-state index contributed by atoms with van der Waals surface area (Å²) in [4.78, 5) is 0. The highest BCUT2D eigenvalue weighted by atomic mass is 16.5. The molecule has 71 heavy (non-hydrogen) atoms. The van der Waals surface area contributed by atoms with Gasteiger partial charge in [0.05, 0.1) is 38.6 Å². The maximum atomic E-state index is 9.67. The standard InChI is InChI=1S/C40H82O3.C9H20O5.C5H12O3.C4H10O2/c1-35(2)23-18-16-14-12-10-8-9-11-13-15-17-19-31-43-40(33-41)34-42-32-30-39(7)29-22-28-38(6)27-21-26-37(5)25-20-24-36(3)4;1-5(2)7(11)9(13)8(12)6(4-10)14-3;1-4(7)5(3-6)8-2;1-3(2)4(5)6/h35-41H,8-34H2,1-7H3;5-13H,4H2,1-3H3;4-7H,3H2,1-2H3;3-6H,1-2H3. The zero-order valence-electron chi connectivity index (χ0n) is 48.8. The van der Waals surface area contributed by atoms with E-state index in [1.807, 2.05) is 0 Å². The van der Waals surface area contributed by atoms with E-state index in [-0.39, 0.29) is 31.2 Å². The fraction of sp³-hybridized carbons (Fsp3) is 1.00. The number of ether oxygens (including phenoxy) is 4. The average Bonchev–Trinajstić information content (AvgIpc) is 3.31. The van der Waals surface area contributed by atoms with Crippen LogP contribution in [0.25, 0.3) is 0 Å². The summed E-state index contributed by atoms with van der Waals surface area (Å²) in [5.41, 5.74) is 0. The smallest absolute Gasteiger partial charge is 0.153 e. The zero-order valence-corrected chi connectivity index (χ0v) is 48.8. The molecule has 0 spiro atoms. The molecule has 0 aromatic heterocycles. The molecule has 0 bridgehead atoms. The first-order chi connectivity index (χ1) is 33.6. The van der Waals surface area contributed by atoms with Gasteiger partial charge in [0.15, 0.2) is 6.29 Å². The van der Waals surface area contributed by atoms with Crippen LogP contribution in [0.5, 0.6) is 0 Å². The predicted molar refractivity (Wildman–Crippen MR) is 294 cm³/mol. The molecule has 0 aromatic carbocycles. The molecule has 0 radical (unpaired) electrons. The third-order valence-electron chi connectivity index (χ3n) is 13.4. The van der Waals surface area contributed by atoms with E-state index in [4.69, 9.17) is 39.7 Å². The average molecular weight is 1030 g/mol. The van der Waals surface area contributed by atoms with E-state index in [9.17, 15) is 20.4 Å². The minimum atomic E-state index is -1.31. The molecule has 0 saturated carbocycles. The van der Waals surface area contributed by atoms with Gasteiger partial charge in [-0.15, -0.1) is 0 Å². The highest BCUT2D eigenvalue weighted by Crippen LogP contribution is 2.23. The van der Waals surface area contributed by atoms with E-state index in [2.05, 4.69) is 53.2 Å². The van der Waals surface area contributed by atoms with Gasteiger partial charge in [0.2, 0.25) is 0 Å².